The van der Waals surface area contributed by atoms with Gasteiger partial charge in [0.05, 0.1) is 0 Å². The SMILES string of the molecule is N[C@@H]1CCC[C@H]1CC(=O)N1CCN(c2ccnc(-c3ccccc3)n2)CC1. The van der Waals surface area contributed by atoms with Crippen molar-refractivity contribution in [3.63, 3.8) is 0 Å². The highest BCUT2D eigenvalue weighted by Gasteiger charge is 2.29. The highest BCUT2D eigenvalue weighted by molar-refractivity contribution is 5.77. The van der Waals surface area contributed by atoms with E-state index in [-0.39, 0.29) is 11.9 Å². The zero-order valence-corrected chi connectivity index (χ0v) is 15.6. The average molecular weight is 365 g/mol. The maximum atomic E-state index is 12.6. The summed E-state index contributed by atoms with van der Waals surface area (Å²) in [6.07, 6.45) is 5.72. The summed E-state index contributed by atoms with van der Waals surface area (Å²) in [7, 11) is 0. The molecule has 1 aliphatic heterocycles. The smallest absolute Gasteiger partial charge is 0.223 e. The zero-order chi connectivity index (χ0) is 18.6. The molecule has 4 rings (SSSR count). The van der Waals surface area contributed by atoms with Crippen molar-refractivity contribution >= 4 is 11.7 Å². The first-order chi connectivity index (χ1) is 13.2. The third-order valence-corrected chi connectivity index (χ3v) is 5.78. The summed E-state index contributed by atoms with van der Waals surface area (Å²) >= 11 is 0. The fourth-order valence-corrected chi connectivity index (χ4v) is 4.11. The molecule has 2 atom stereocenters. The Balaban J connectivity index is 1.36. The fourth-order valence-electron chi connectivity index (χ4n) is 4.11. The molecule has 1 aliphatic carbocycles. The van der Waals surface area contributed by atoms with Crippen LogP contribution in [0.4, 0.5) is 5.82 Å². The number of amides is 1. The predicted octanol–water partition coefficient (Wildman–Crippen LogP) is 2.31. The van der Waals surface area contributed by atoms with E-state index in [2.05, 4.69) is 9.88 Å². The molecule has 0 spiro atoms. The molecule has 2 aliphatic rings. The van der Waals surface area contributed by atoms with Gasteiger partial charge in [-0.1, -0.05) is 36.8 Å². The van der Waals surface area contributed by atoms with Crippen molar-refractivity contribution in [2.24, 2.45) is 11.7 Å². The van der Waals surface area contributed by atoms with Gasteiger partial charge in [-0.05, 0) is 24.8 Å². The number of nitrogens with two attached hydrogens (primary N) is 1. The third kappa shape index (κ3) is 4.11. The Morgan fingerprint density at radius 2 is 1.85 bits per heavy atom. The quantitative estimate of drug-likeness (QED) is 0.900. The predicted molar refractivity (Wildman–Crippen MR) is 106 cm³/mol. The van der Waals surface area contributed by atoms with Crippen molar-refractivity contribution in [1.82, 2.24) is 14.9 Å². The normalized spacial score (nSPS) is 22.9. The van der Waals surface area contributed by atoms with Gasteiger partial charge in [-0.2, -0.15) is 0 Å². The number of benzene rings is 1. The zero-order valence-electron chi connectivity index (χ0n) is 15.6. The maximum Gasteiger partial charge on any atom is 0.223 e. The molecule has 2 fully saturated rings. The Morgan fingerprint density at radius 1 is 1.07 bits per heavy atom. The van der Waals surface area contributed by atoms with Crippen molar-refractivity contribution < 1.29 is 4.79 Å². The number of carbonyl (C=O) groups is 1. The molecule has 1 saturated carbocycles. The van der Waals surface area contributed by atoms with Gasteiger partial charge in [0, 0.05) is 50.4 Å². The van der Waals surface area contributed by atoms with Gasteiger partial charge >= 0.3 is 0 Å². The number of aromatic nitrogens is 2. The lowest BCUT2D eigenvalue weighted by Crippen LogP contribution is -2.49. The highest BCUT2D eigenvalue weighted by atomic mass is 16.2. The van der Waals surface area contributed by atoms with Crippen LogP contribution in [0.15, 0.2) is 42.6 Å². The molecule has 142 valence electrons. The first-order valence-electron chi connectivity index (χ1n) is 9.87. The summed E-state index contributed by atoms with van der Waals surface area (Å²) < 4.78 is 0. The van der Waals surface area contributed by atoms with E-state index < -0.39 is 0 Å². The van der Waals surface area contributed by atoms with Gasteiger partial charge in [0.25, 0.3) is 0 Å². The molecule has 6 nitrogen and oxygen atoms in total. The summed E-state index contributed by atoms with van der Waals surface area (Å²) in [5.41, 5.74) is 7.14. The van der Waals surface area contributed by atoms with Crippen molar-refractivity contribution in [3.05, 3.63) is 42.6 Å². The van der Waals surface area contributed by atoms with Crippen LogP contribution in [-0.2, 0) is 4.79 Å². The number of hydrogen-bond acceptors (Lipinski definition) is 5. The molecule has 1 amide bonds. The second-order valence-corrected chi connectivity index (χ2v) is 7.53. The van der Waals surface area contributed by atoms with Crippen LogP contribution < -0.4 is 10.6 Å². The highest BCUT2D eigenvalue weighted by Crippen LogP contribution is 2.27. The molecule has 2 N–H and O–H groups in total. The Bertz CT molecular complexity index is 773. The number of carbonyl (C=O) groups excluding carboxylic acids is 1. The minimum absolute atomic E-state index is 0.202. The van der Waals surface area contributed by atoms with E-state index in [0.717, 1.165) is 62.6 Å². The van der Waals surface area contributed by atoms with E-state index in [9.17, 15) is 4.79 Å². The lowest BCUT2D eigenvalue weighted by atomic mass is 9.99. The standard InChI is InChI=1S/C21H27N5O/c22-18-8-4-7-17(18)15-20(27)26-13-11-25(12-14-26)19-9-10-23-21(24-19)16-5-2-1-3-6-16/h1-3,5-6,9-10,17-18H,4,7-8,11-15,22H2/t17-,18+/m0/s1. The number of nitrogens with zero attached hydrogens (tertiary/aromatic N) is 4. The van der Waals surface area contributed by atoms with Crippen LogP contribution in [0, 0.1) is 5.92 Å². The van der Waals surface area contributed by atoms with Crippen molar-refractivity contribution in [2.45, 2.75) is 31.7 Å². The maximum absolute atomic E-state index is 12.6. The van der Waals surface area contributed by atoms with Gasteiger partial charge < -0.3 is 15.5 Å². The van der Waals surface area contributed by atoms with Crippen molar-refractivity contribution in [3.8, 4) is 11.4 Å². The van der Waals surface area contributed by atoms with Crippen LogP contribution in [0.1, 0.15) is 25.7 Å². The summed E-state index contributed by atoms with van der Waals surface area (Å²) in [5, 5.41) is 0. The second kappa shape index (κ2) is 8.05. The first-order valence-corrected chi connectivity index (χ1v) is 9.87. The topological polar surface area (TPSA) is 75.4 Å². The Morgan fingerprint density at radius 3 is 2.56 bits per heavy atom. The van der Waals surface area contributed by atoms with Crippen LogP contribution >= 0.6 is 0 Å². The van der Waals surface area contributed by atoms with Gasteiger partial charge in [-0.15, -0.1) is 0 Å². The molecule has 1 saturated heterocycles. The van der Waals surface area contributed by atoms with Gasteiger partial charge in [0.15, 0.2) is 5.82 Å². The lowest BCUT2D eigenvalue weighted by Gasteiger charge is -2.36. The Hall–Kier alpha value is -2.47. The molecule has 27 heavy (non-hydrogen) atoms. The molecule has 0 radical (unpaired) electrons. The van der Waals surface area contributed by atoms with Crippen LogP contribution in [0.25, 0.3) is 11.4 Å². The molecular formula is C21H27N5O. The molecule has 2 aromatic rings. The fraction of sp³-hybridized carbons (Fsp3) is 0.476. The van der Waals surface area contributed by atoms with E-state index in [1.165, 1.54) is 0 Å². The molecule has 0 bridgehead atoms. The van der Waals surface area contributed by atoms with E-state index in [1.807, 2.05) is 47.5 Å². The average Bonchev–Trinajstić information content (AvgIpc) is 3.13. The minimum atomic E-state index is 0.202. The molecule has 0 unspecified atom stereocenters. The first kappa shape index (κ1) is 17.9. The van der Waals surface area contributed by atoms with Crippen molar-refractivity contribution in [1.29, 1.82) is 0 Å². The third-order valence-electron chi connectivity index (χ3n) is 5.78. The van der Waals surface area contributed by atoms with Crippen LogP contribution in [-0.4, -0.2) is 53.0 Å². The number of hydrogen-bond donors (Lipinski definition) is 1. The van der Waals surface area contributed by atoms with Gasteiger partial charge in [0.1, 0.15) is 5.82 Å². The van der Waals surface area contributed by atoms with E-state index >= 15 is 0 Å². The largest absolute Gasteiger partial charge is 0.353 e. The molecular weight excluding hydrogens is 338 g/mol. The summed E-state index contributed by atoms with van der Waals surface area (Å²) in [5.74, 6) is 2.28. The number of anilines is 1. The summed E-state index contributed by atoms with van der Waals surface area (Å²) in [6.45, 7) is 3.08. The number of rotatable bonds is 4. The molecule has 6 heteroatoms. The van der Waals surface area contributed by atoms with Gasteiger partial charge in [-0.3, -0.25) is 4.79 Å². The Labute approximate surface area is 160 Å². The van der Waals surface area contributed by atoms with E-state index in [1.54, 1.807) is 0 Å². The summed E-state index contributed by atoms with van der Waals surface area (Å²) in [6, 6.07) is 12.2. The van der Waals surface area contributed by atoms with Gasteiger partial charge in [-0.25, -0.2) is 9.97 Å². The monoisotopic (exact) mass is 365 g/mol. The summed E-state index contributed by atoms with van der Waals surface area (Å²) in [4.78, 5) is 26.0. The van der Waals surface area contributed by atoms with E-state index in [4.69, 9.17) is 10.7 Å². The second-order valence-electron chi connectivity index (χ2n) is 7.53. The molecule has 1 aromatic carbocycles. The molecule has 1 aromatic heterocycles. The van der Waals surface area contributed by atoms with Crippen LogP contribution in [0.3, 0.4) is 0 Å². The molecule has 2 heterocycles. The van der Waals surface area contributed by atoms with Crippen LogP contribution in [0.5, 0.6) is 0 Å². The van der Waals surface area contributed by atoms with Crippen molar-refractivity contribution in [2.75, 3.05) is 31.1 Å². The minimum Gasteiger partial charge on any atom is -0.353 e. The van der Waals surface area contributed by atoms with Crippen LogP contribution in [0.2, 0.25) is 0 Å². The van der Waals surface area contributed by atoms with Gasteiger partial charge in [0.2, 0.25) is 5.91 Å². The van der Waals surface area contributed by atoms with E-state index in [0.29, 0.717) is 12.3 Å². The Kier molecular flexibility index (Phi) is 5.34. The number of piperazine rings is 1. The lowest BCUT2D eigenvalue weighted by molar-refractivity contribution is -0.132.